The Morgan fingerprint density at radius 3 is 2.35 bits per heavy atom. The highest BCUT2D eigenvalue weighted by Crippen LogP contribution is 2.17. The lowest BCUT2D eigenvalue weighted by atomic mass is 10.1. The van der Waals surface area contributed by atoms with E-state index in [-0.39, 0.29) is 0 Å². The van der Waals surface area contributed by atoms with E-state index in [2.05, 4.69) is 35.8 Å². The van der Waals surface area contributed by atoms with Crippen molar-refractivity contribution in [2.75, 3.05) is 18.5 Å². The Balaban J connectivity index is 1.38. The van der Waals surface area contributed by atoms with Gasteiger partial charge in [0.25, 0.3) is 0 Å². The van der Waals surface area contributed by atoms with Gasteiger partial charge in [-0.25, -0.2) is 10.2 Å². The molecule has 0 heterocycles. The molecule has 2 amide bonds. The minimum Gasteiger partial charge on any atom is -0.493 e. The number of hydrazone groups is 1. The number of para-hydroxylation sites is 1. The first-order valence-electron chi connectivity index (χ1n) is 10.2. The van der Waals surface area contributed by atoms with Crippen LogP contribution in [0.1, 0.15) is 23.1 Å². The Labute approximate surface area is 182 Å². The molecule has 0 radical (unpaired) electrons. The number of rotatable bonds is 9. The summed E-state index contributed by atoms with van der Waals surface area (Å²) in [6, 6.07) is 22.4. The molecule has 0 unspecified atom stereocenters. The zero-order valence-electron chi connectivity index (χ0n) is 17.8. The van der Waals surface area contributed by atoms with Crippen molar-refractivity contribution in [1.29, 1.82) is 0 Å². The Morgan fingerprint density at radius 1 is 0.871 bits per heavy atom. The predicted octanol–water partition coefficient (Wildman–Crippen LogP) is 5.31. The maximum Gasteiger partial charge on any atom is 0.339 e. The summed E-state index contributed by atoms with van der Waals surface area (Å²) in [6.07, 6.45) is 2.34. The van der Waals surface area contributed by atoms with Gasteiger partial charge in [-0.05, 0) is 66.9 Å². The fourth-order valence-corrected chi connectivity index (χ4v) is 2.77. The molecule has 3 aromatic carbocycles. The second-order valence-electron chi connectivity index (χ2n) is 7.06. The maximum atomic E-state index is 11.8. The first-order chi connectivity index (χ1) is 15.1. The highest BCUT2D eigenvalue weighted by Gasteiger charge is 2.00. The van der Waals surface area contributed by atoms with Gasteiger partial charge in [0.15, 0.2) is 0 Å². The molecular formula is C25H27N3O3. The molecule has 3 aromatic rings. The SMILES string of the molecule is Cc1ccc(OCCCOc2cccc(/C=N\NC(=O)Nc3ccccc3)c2)cc1C. The lowest BCUT2D eigenvalue weighted by Crippen LogP contribution is -2.24. The number of urea groups is 1. The van der Waals surface area contributed by atoms with Crippen LogP contribution in [0.3, 0.4) is 0 Å². The van der Waals surface area contributed by atoms with E-state index in [9.17, 15) is 4.79 Å². The second-order valence-corrected chi connectivity index (χ2v) is 7.06. The van der Waals surface area contributed by atoms with Crippen LogP contribution in [-0.2, 0) is 0 Å². The number of anilines is 1. The van der Waals surface area contributed by atoms with E-state index < -0.39 is 6.03 Å². The Hall–Kier alpha value is -3.80. The van der Waals surface area contributed by atoms with Gasteiger partial charge in [-0.2, -0.15) is 5.10 Å². The van der Waals surface area contributed by atoms with Crippen molar-refractivity contribution in [1.82, 2.24) is 5.43 Å². The number of benzene rings is 3. The molecule has 0 atom stereocenters. The fraction of sp³-hybridized carbons (Fsp3) is 0.200. The predicted molar refractivity (Wildman–Crippen MR) is 124 cm³/mol. The average Bonchev–Trinajstić information content (AvgIpc) is 2.77. The molecule has 0 bridgehead atoms. The fourth-order valence-electron chi connectivity index (χ4n) is 2.77. The van der Waals surface area contributed by atoms with E-state index in [1.165, 1.54) is 11.1 Å². The van der Waals surface area contributed by atoms with Gasteiger partial charge >= 0.3 is 6.03 Å². The van der Waals surface area contributed by atoms with Crippen molar-refractivity contribution in [3.05, 3.63) is 89.5 Å². The maximum absolute atomic E-state index is 11.8. The van der Waals surface area contributed by atoms with Crippen molar-refractivity contribution in [2.45, 2.75) is 20.3 Å². The molecule has 0 fully saturated rings. The van der Waals surface area contributed by atoms with Gasteiger partial charge in [-0.3, -0.25) is 0 Å². The molecule has 160 valence electrons. The molecule has 0 aliphatic carbocycles. The number of nitrogens with one attached hydrogen (secondary N) is 2. The Morgan fingerprint density at radius 2 is 1.61 bits per heavy atom. The van der Waals surface area contributed by atoms with Crippen molar-refractivity contribution in [2.24, 2.45) is 5.10 Å². The molecule has 31 heavy (non-hydrogen) atoms. The van der Waals surface area contributed by atoms with E-state index in [0.717, 1.165) is 23.5 Å². The summed E-state index contributed by atoms with van der Waals surface area (Å²) >= 11 is 0. The Kier molecular flexibility index (Phi) is 8.05. The first-order valence-corrected chi connectivity index (χ1v) is 10.2. The number of amides is 2. The van der Waals surface area contributed by atoms with E-state index in [4.69, 9.17) is 9.47 Å². The first kappa shape index (κ1) is 21.9. The number of carbonyl (C=O) groups excluding carboxylic acids is 1. The van der Waals surface area contributed by atoms with Crippen LogP contribution in [0.2, 0.25) is 0 Å². The van der Waals surface area contributed by atoms with E-state index in [0.29, 0.717) is 18.9 Å². The van der Waals surface area contributed by atoms with Crippen molar-refractivity contribution in [3.63, 3.8) is 0 Å². The third-order valence-electron chi connectivity index (χ3n) is 4.57. The number of nitrogens with zero attached hydrogens (tertiary/aromatic N) is 1. The zero-order chi connectivity index (χ0) is 21.9. The summed E-state index contributed by atoms with van der Waals surface area (Å²) in [7, 11) is 0. The minimum atomic E-state index is -0.404. The monoisotopic (exact) mass is 417 g/mol. The third-order valence-corrected chi connectivity index (χ3v) is 4.57. The van der Waals surface area contributed by atoms with Crippen LogP contribution >= 0.6 is 0 Å². The van der Waals surface area contributed by atoms with Gasteiger partial charge in [0.05, 0.1) is 19.4 Å². The highest BCUT2D eigenvalue weighted by molar-refractivity contribution is 5.90. The number of hydrogen-bond acceptors (Lipinski definition) is 4. The third kappa shape index (κ3) is 7.51. The number of aryl methyl sites for hydroxylation is 2. The topological polar surface area (TPSA) is 72.0 Å². The van der Waals surface area contributed by atoms with Crippen LogP contribution in [0.4, 0.5) is 10.5 Å². The van der Waals surface area contributed by atoms with Crippen LogP contribution in [0.25, 0.3) is 0 Å². The van der Waals surface area contributed by atoms with Crippen LogP contribution in [0.15, 0.2) is 77.9 Å². The molecule has 0 saturated carbocycles. The summed E-state index contributed by atoms with van der Waals surface area (Å²) in [5, 5.41) is 6.67. The van der Waals surface area contributed by atoms with E-state index in [1.54, 1.807) is 18.3 Å². The zero-order valence-corrected chi connectivity index (χ0v) is 17.8. The lowest BCUT2D eigenvalue weighted by Gasteiger charge is -2.09. The quantitative estimate of drug-likeness (QED) is 0.282. The summed E-state index contributed by atoms with van der Waals surface area (Å²) in [5.74, 6) is 1.62. The number of carbonyl (C=O) groups is 1. The van der Waals surface area contributed by atoms with Crippen molar-refractivity contribution >= 4 is 17.9 Å². The van der Waals surface area contributed by atoms with Gasteiger partial charge in [0.1, 0.15) is 11.5 Å². The molecule has 2 N–H and O–H groups in total. The number of ether oxygens (including phenoxy) is 2. The molecule has 6 heteroatoms. The minimum absolute atomic E-state index is 0.404. The Bertz CT molecular complexity index is 1020. The summed E-state index contributed by atoms with van der Waals surface area (Å²) in [4.78, 5) is 11.8. The van der Waals surface area contributed by atoms with Crippen LogP contribution in [0.5, 0.6) is 11.5 Å². The normalized spacial score (nSPS) is 10.6. The van der Waals surface area contributed by atoms with Crippen molar-refractivity contribution < 1.29 is 14.3 Å². The standard InChI is InChI=1S/C25H27N3O3/c1-19-12-13-24(16-20(19)2)31-15-7-14-30-23-11-6-8-21(17-23)18-26-28-25(29)27-22-9-4-3-5-10-22/h3-6,8-13,16-18H,7,14-15H2,1-2H3,(H2,27,28,29)/b26-18-. The summed E-state index contributed by atoms with van der Waals surface area (Å²) in [6.45, 7) is 5.29. The van der Waals surface area contributed by atoms with Crippen molar-refractivity contribution in [3.8, 4) is 11.5 Å². The molecule has 0 aliphatic rings. The molecule has 0 spiro atoms. The van der Waals surface area contributed by atoms with Crippen LogP contribution < -0.4 is 20.2 Å². The van der Waals surface area contributed by atoms with E-state index >= 15 is 0 Å². The number of hydrogen-bond donors (Lipinski definition) is 2. The molecule has 0 aliphatic heterocycles. The largest absolute Gasteiger partial charge is 0.493 e. The lowest BCUT2D eigenvalue weighted by molar-refractivity contribution is 0.247. The molecule has 0 aromatic heterocycles. The van der Waals surface area contributed by atoms with Gasteiger partial charge in [-0.1, -0.05) is 36.4 Å². The van der Waals surface area contributed by atoms with Gasteiger partial charge in [0.2, 0.25) is 0 Å². The van der Waals surface area contributed by atoms with Gasteiger partial charge in [0, 0.05) is 12.1 Å². The highest BCUT2D eigenvalue weighted by atomic mass is 16.5. The molecular weight excluding hydrogens is 390 g/mol. The van der Waals surface area contributed by atoms with Gasteiger partial charge in [-0.15, -0.1) is 0 Å². The second kappa shape index (κ2) is 11.4. The molecule has 6 nitrogen and oxygen atoms in total. The van der Waals surface area contributed by atoms with Crippen LogP contribution in [0, 0.1) is 13.8 Å². The van der Waals surface area contributed by atoms with E-state index in [1.807, 2.05) is 54.6 Å². The smallest absolute Gasteiger partial charge is 0.339 e. The van der Waals surface area contributed by atoms with Gasteiger partial charge < -0.3 is 14.8 Å². The van der Waals surface area contributed by atoms with Crippen LogP contribution in [-0.4, -0.2) is 25.5 Å². The molecule has 0 saturated heterocycles. The molecule has 3 rings (SSSR count). The summed E-state index contributed by atoms with van der Waals surface area (Å²) in [5.41, 5.74) is 6.45. The average molecular weight is 418 g/mol. The summed E-state index contributed by atoms with van der Waals surface area (Å²) < 4.78 is 11.6.